The molecule has 4 aliphatic heterocycles. The quantitative estimate of drug-likeness (QED) is 0.153. The lowest BCUT2D eigenvalue weighted by Gasteiger charge is -2.63. The largest absolute Gasteiger partial charge is 0.462 e. The molecule has 0 aromatic rings. The molecule has 3 saturated heterocycles. The van der Waals surface area contributed by atoms with E-state index in [0.29, 0.717) is 12.3 Å². The van der Waals surface area contributed by atoms with E-state index in [1.165, 1.54) is 40.7 Å². The minimum Gasteiger partial charge on any atom is -0.462 e. The van der Waals surface area contributed by atoms with Crippen molar-refractivity contribution in [3.63, 3.8) is 0 Å². The molecule has 8 aliphatic rings. The number of esters is 6. The third kappa shape index (κ3) is 10.5. The van der Waals surface area contributed by atoms with Gasteiger partial charge in [-0.1, -0.05) is 13.8 Å². The standard InChI is InChI=1S/C51H74O19/c1-24-46(67-31(8)56)37(63-27(4)52)20-43(61-24)69-48-26(3)62-44(21-39(48)65-29(6)54)70-47-25(2)60-42(19-38(47)64-28(5)53)68-34-13-15-49(9)33(18-34)11-12-36-35(49)14-16-50(10)45(32-17-41(57)59-23-32)40(66-30(7)55)22-51(36,50)58/h17,24-26,33-40,42-48,58H,11-16,18-23H2,1-10H3/t24-,25-,26?,33-,34+,35+,36-,37+,38+,39+,40+,42+,43+,44+,45+,46-,47-,48-,49+,50-,51+/m1/s1. The summed E-state index contributed by atoms with van der Waals surface area (Å²) in [5.41, 5.74) is -0.965. The number of ether oxygens (including phenoxy) is 12. The summed E-state index contributed by atoms with van der Waals surface area (Å²) in [4.78, 5) is 73.5. The van der Waals surface area contributed by atoms with Crippen LogP contribution in [0, 0.1) is 34.5 Å². The number of fused-ring (bicyclic) bond motifs is 5. The third-order valence-electron chi connectivity index (χ3n) is 17.3. The summed E-state index contributed by atoms with van der Waals surface area (Å²) in [5, 5.41) is 13.0. The summed E-state index contributed by atoms with van der Waals surface area (Å²) in [7, 11) is 0. The van der Waals surface area contributed by atoms with Crippen LogP contribution in [0.5, 0.6) is 0 Å². The van der Waals surface area contributed by atoms with Crippen molar-refractivity contribution in [3.05, 3.63) is 11.6 Å². The van der Waals surface area contributed by atoms with Gasteiger partial charge in [0.2, 0.25) is 0 Å². The molecule has 0 aromatic carbocycles. The van der Waals surface area contributed by atoms with Crippen LogP contribution in [0.4, 0.5) is 0 Å². The highest BCUT2D eigenvalue weighted by Crippen LogP contribution is 2.70. The molecule has 19 heteroatoms. The number of cyclic esters (lactones) is 1. The van der Waals surface area contributed by atoms with Gasteiger partial charge in [-0.3, -0.25) is 24.0 Å². The van der Waals surface area contributed by atoms with Crippen molar-refractivity contribution in [2.24, 2.45) is 34.5 Å². The lowest BCUT2D eigenvalue weighted by Crippen LogP contribution is -2.62. The van der Waals surface area contributed by atoms with Crippen LogP contribution in [0.1, 0.15) is 140 Å². The van der Waals surface area contributed by atoms with Gasteiger partial charge in [0.05, 0.1) is 30.0 Å². The Morgan fingerprint density at radius 3 is 1.57 bits per heavy atom. The SMILES string of the molecule is CC(=O)O[C@H]1[C@@H](OC(C)=O)C[C@H](O[C@@H]2C(C)O[C@@H](O[C@H]3[C@@H](OC(C)=O)C[C@H](O[C@H]4CC[C@@]5(C)[C@H](CC[C@@H]6[C@@H]5CC[C@]5(C)[C@@H](C7=CC(=O)OC7)[C@@H](OC(C)=O)C[C@]65O)C4)O[C@@H]3C)C[C@@H]2OC(C)=O)O[C@@H]1C. The summed E-state index contributed by atoms with van der Waals surface area (Å²) >= 11 is 0. The minimum atomic E-state index is -1.10. The van der Waals surface area contributed by atoms with Gasteiger partial charge in [0.25, 0.3) is 0 Å². The minimum absolute atomic E-state index is 0.00588. The molecule has 19 nitrogen and oxygen atoms in total. The number of hydrogen-bond acceptors (Lipinski definition) is 19. The summed E-state index contributed by atoms with van der Waals surface area (Å²) in [5.74, 6) is -2.71. The van der Waals surface area contributed by atoms with Crippen molar-refractivity contribution in [1.29, 1.82) is 0 Å². The molecule has 0 bridgehead atoms. The Balaban J connectivity index is 0.893. The van der Waals surface area contributed by atoms with Crippen LogP contribution in [0.15, 0.2) is 11.6 Å². The molecule has 21 atom stereocenters. The van der Waals surface area contributed by atoms with E-state index < -0.39 is 127 Å². The maximum atomic E-state index is 13.0. The Labute approximate surface area is 409 Å². The summed E-state index contributed by atoms with van der Waals surface area (Å²) < 4.78 is 72.5. The predicted octanol–water partition coefficient (Wildman–Crippen LogP) is 5.07. The lowest BCUT2D eigenvalue weighted by molar-refractivity contribution is -0.337. The fourth-order valence-electron chi connectivity index (χ4n) is 14.4. The first-order valence-corrected chi connectivity index (χ1v) is 25.4. The highest BCUT2D eigenvalue weighted by molar-refractivity contribution is 5.85. The first-order chi connectivity index (χ1) is 33.0. The topological polar surface area (TPSA) is 233 Å². The Morgan fingerprint density at radius 1 is 0.586 bits per heavy atom. The molecule has 70 heavy (non-hydrogen) atoms. The molecular formula is C51H74O19. The molecule has 0 amide bonds. The molecule has 4 saturated carbocycles. The highest BCUT2D eigenvalue weighted by Gasteiger charge is 2.71. The average molecular weight is 991 g/mol. The fraction of sp³-hybridized carbons (Fsp3) is 0.843. The van der Waals surface area contributed by atoms with Crippen LogP contribution in [0.2, 0.25) is 0 Å². The molecule has 0 radical (unpaired) electrons. The zero-order chi connectivity index (χ0) is 50.6. The van der Waals surface area contributed by atoms with E-state index in [0.717, 1.165) is 50.5 Å². The van der Waals surface area contributed by atoms with E-state index >= 15 is 0 Å². The number of rotatable bonds is 12. The monoisotopic (exact) mass is 990 g/mol. The predicted molar refractivity (Wildman–Crippen MR) is 240 cm³/mol. The molecule has 0 spiro atoms. The Morgan fingerprint density at radius 2 is 1.07 bits per heavy atom. The Kier molecular flexibility index (Phi) is 15.5. The molecule has 1 unspecified atom stereocenters. The van der Waals surface area contributed by atoms with Crippen LogP contribution in [-0.2, 0) is 85.6 Å². The Hall–Kier alpha value is -3.72. The van der Waals surface area contributed by atoms with Gasteiger partial charge >= 0.3 is 35.8 Å². The number of hydrogen-bond donors (Lipinski definition) is 1. The van der Waals surface area contributed by atoms with Crippen molar-refractivity contribution >= 4 is 35.8 Å². The van der Waals surface area contributed by atoms with Gasteiger partial charge in [0.15, 0.2) is 25.0 Å². The van der Waals surface area contributed by atoms with Gasteiger partial charge < -0.3 is 61.9 Å². The van der Waals surface area contributed by atoms with Crippen molar-refractivity contribution < 1.29 is 90.7 Å². The van der Waals surface area contributed by atoms with Gasteiger partial charge in [0, 0.05) is 77.7 Å². The maximum absolute atomic E-state index is 13.0. The molecular weight excluding hydrogens is 917 g/mol. The molecule has 1 N–H and O–H groups in total. The molecule has 392 valence electrons. The number of carbonyl (C=O) groups is 6. The molecule has 4 heterocycles. The van der Waals surface area contributed by atoms with E-state index in [2.05, 4.69) is 13.8 Å². The third-order valence-corrected chi connectivity index (χ3v) is 17.3. The second-order valence-corrected chi connectivity index (χ2v) is 21.8. The summed E-state index contributed by atoms with van der Waals surface area (Å²) in [6.45, 7) is 16.4. The van der Waals surface area contributed by atoms with Crippen LogP contribution in [0.25, 0.3) is 0 Å². The summed E-state index contributed by atoms with van der Waals surface area (Å²) in [6, 6.07) is 0. The first-order valence-electron chi connectivity index (χ1n) is 25.4. The zero-order valence-electron chi connectivity index (χ0n) is 42.3. The van der Waals surface area contributed by atoms with Crippen molar-refractivity contribution in [2.75, 3.05) is 6.61 Å². The molecule has 7 fully saturated rings. The number of aliphatic hydroxyl groups is 1. The maximum Gasteiger partial charge on any atom is 0.331 e. The first kappa shape index (κ1) is 52.6. The average Bonchev–Trinajstić information content (AvgIpc) is 3.77. The van der Waals surface area contributed by atoms with Crippen LogP contribution >= 0.6 is 0 Å². The van der Waals surface area contributed by atoms with E-state index in [4.69, 9.17) is 56.8 Å². The van der Waals surface area contributed by atoms with Gasteiger partial charge in [-0.25, -0.2) is 4.79 Å². The number of carbonyl (C=O) groups excluding carboxylic acids is 6. The molecule has 4 aliphatic carbocycles. The fourth-order valence-corrected chi connectivity index (χ4v) is 14.4. The van der Waals surface area contributed by atoms with Gasteiger partial charge in [-0.05, 0) is 94.5 Å². The second-order valence-electron chi connectivity index (χ2n) is 21.8. The van der Waals surface area contributed by atoms with Crippen LogP contribution in [-0.4, -0.2) is 139 Å². The van der Waals surface area contributed by atoms with Gasteiger partial charge in [-0.2, -0.15) is 0 Å². The van der Waals surface area contributed by atoms with E-state index in [9.17, 15) is 33.9 Å². The lowest BCUT2D eigenvalue weighted by atomic mass is 9.43. The zero-order valence-corrected chi connectivity index (χ0v) is 42.3. The van der Waals surface area contributed by atoms with Crippen molar-refractivity contribution in [2.45, 2.75) is 231 Å². The normalized spacial score (nSPS) is 45.6. The summed E-state index contributed by atoms with van der Waals surface area (Å²) in [6.07, 6.45) is -2.20. The Bertz CT molecular complexity index is 2030. The van der Waals surface area contributed by atoms with Crippen LogP contribution in [0.3, 0.4) is 0 Å². The smallest absolute Gasteiger partial charge is 0.331 e. The van der Waals surface area contributed by atoms with Crippen molar-refractivity contribution in [3.8, 4) is 0 Å². The van der Waals surface area contributed by atoms with Gasteiger partial charge in [-0.15, -0.1) is 0 Å². The van der Waals surface area contributed by atoms with Gasteiger partial charge in [0.1, 0.15) is 43.2 Å². The molecule has 0 aromatic heterocycles. The van der Waals surface area contributed by atoms with E-state index in [1.807, 2.05) is 6.92 Å². The van der Waals surface area contributed by atoms with E-state index in [-0.39, 0.29) is 55.1 Å². The van der Waals surface area contributed by atoms with Crippen molar-refractivity contribution in [1.82, 2.24) is 0 Å². The van der Waals surface area contributed by atoms with Crippen LogP contribution < -0.4 is 0 Å². The highest BCUT2D eigenvalue weighted by atomic mass is 16.8. The second kappa shape index (κ2) is 20.7. The molecule has 8 rings (SSSR count). The van der Waals surface area contributed by atoms with E-state index in [1.54, 1.807) is 13.8 Å².